The number of anilines is 2. The molecular formula is C19H18ClN3O2. The number of hydrogen-bond acceptors (Lipinski definition) is 3. The van der Waals surface area contributed by atoms with E-state index in [4.69, 9.17) is 16.9 Å². The van der Waals surface area contributed by atoms with Crippen LogP contribution in [0, 0.1) is 23.7 Å². The number of nitrogens with one attached hydrogen (secondary N) is 2. The van der Waals surface area contributed by atoms with E-state index in [1.165, 1.54) is 13.8 Å². The first-order chi connectivity index (χ1) is 11.8. The van der Waals surface area contributed by atoms with Gasteiger partial charge in [0.05, 0.1) is 11.3 Å². The van der Waals surface area contributed by atoms with Crippen LogP contribution in [0.4, 0.5) is 11.4 Å². The fourth-order valence-corrected chi connectivity index (χ4v) is 2.34. The van der Waals surface area contributed by atoms with Crippen LogP contribution in [-0.2, 0) is 9.59 Å². The lowest BCUT2D eigenvalue weighted by atomic mass is 9.90. The summed E-state index contributed by atoms with van der Waals surface area (Å²) in [6, 6.07) is 13.7. The lowest BCUT2D eigenvalue weighted by Crippen LogP contribution is -2.41. The van der Waals surface area contributed by atoms with Gasteiger partial charge in [-0.3, -0.25) is 9.59 Å². The van der Waals surface area contributed by atoms with Gasteiger partial charge in [-0.15, -0.1) is 0 Å². The predicted molar refractivity (Wildman–Crippen MR) is 98.4 cm³/mol. The Morgan fingerprint density at radius 1 is 1.04 bits per heavy atom. The highest BCUT2D eigenvalue weighted by atomic mass is 35.5. The van der Waals surface area contributed by atoms with Gasteiger partial charge in [0, 0.05) is 10.7 Å². The van der Waals surface area contributed by atoms with Crippen LogP contribution >= 0.6 is 11.6 Å². The fourth-order valence-electron chi connectivity index (χ4n) is 2.12. The monoisotopic (exact) mass is 355 g/mol. The Balaban J connectivity index is 2.17. The number of nitrogens with zero attached hydrogens (tertiary/aromatic N) is 1. The van der Waals surface area contributed by atoms with E-state index in [0.717, 1.165) is 5.56 Å². The Morgan fingerprint density at radius 2 is 1.64 bits per heavy atom. The molecule has 0 aliphatic rings. The molecule has 0 aromatic heterocycles. The van der Waals surface area contributed by atoms with Gasteiger partial charge in [0.2, 0.25) is 11.8 Å². The highest BCUT2D eigenvalue weighted by Crippen LogP contribution is 2.25. The van der Waals surface area contributed by atoms with Crippen LogP contribution in [0.2, 0.25) is 5.02 Å². The largest absolute Gasteiger partial charge is 0.325 e. The second-order valence-electron chi connectivity index (χ2n) is 6.15. The fraction of sp³-hybridized carbons (Fsp3) is 0.211. The van der Waals surface area contributed by atoms with E-state index in [9.17, 15) is 9.59 Å². The molecule has 0 saturated carbocycles. The lowest BCUT2D eigenvalue weighted by molar-refractivity contribution is -0.135. The minimum absolute atomic E-state index is 0.334. The van der Waals surface area contributed by atoms with Crippen molar-refractivity contribution < 1.29 is 9.59 Å². The molecule has 2 aromatic carbocycles. The maximum absolute atomic E-state index is 12.6. The molecule has 0 fully saturated rings. The zero-order valence-corrected chi connectivity index (χ0v) is 14.9. The molecule has 0 aliphatic heterocycles. The van der Waals surface area contributed by atoms with Crippen molar-refractivity contribution in [2.24, 2.45) is 5.41 Å². The number of para-hydroxylation sites is 1. The van der Waals surface area contributed by atoms with E-state index in [0.29, 0.717) is 22.0 Å². The van der Waals surface area contributed by atoms with Gasteiger partial charge >= 0.3 is 0 Å². The molecule has 0 spiro atoms. The number of carbonyl (C=O) groups is 2. The molecule has 2 amide bonds. The number of carbonyl (C=O) groups excluding carboxylic acids is 2. The number of halogens is 1. The van der Waals surface area contributed by atoms with E-state index >= 15 is 0 Å². The maximum atomic E-state index is 12.6. The SMILES string of the molecule is Cc1cc(Cl)ccc1NC(=O)C(C)(C)C(=O)Nc1ccccc1C#N. The topological polar surface area (TPSA) is 82.0 Å². The summed E-state index contributed by atoms with van der Waals surface area (Å²) < 4.78 is 0. The van der Waals surface area contributed by atoms with Gasteiger partial charge in [-0.2, -0.15) is 5.26 Å². The van der Waals surface area contributed by atoms with Crippen LogP contribution in [0.5, 0.6) is 0 Å². The Labute approximate surface area is 151 Å². The molecule has 2 rings (SSSR count). The van der Waals surface area contributed by atoms with Gasteiger partial charge in [-0.1, -0.05) is 23.7 Å². The minimum atomic E-state index is -1.34. The third kappa shape index (κ3) is 4.17. The molecule has 5 nitrogen and oxygen atoms in total. The molecule has 0 aliphatic carbocycles. The summed E-state index contributed by atoms with van der Waals surface area (Å²) in [5.74, 6) is -0.954. The van der Waals surface area contributed by atoms with Gasteiger partial charge in [-0.25, -0.2) is 0 Å². The summed E-state index contributed by atoms with van der Waals surface area (Å²) in [4.78, 5) is 25.2. The second-order valence-corrected chi connectivity index (χ2v) is 6.59. The van der Waals surface area contributed by atoms with Gasteiger partial charge in [0.1, 0.15) is 11.5 Å². The van der Waals surface area contributed by atoms with Crippen molar-refractivity contribution >= 4 is 34.8 Å². The Bertz CT molecular complexity index is 869. The first kappa shape index (κ1) is 18.5. The predicted octanol–water partition coefficient (Wildman–Crippen LogP) is 4.12. The molecule has 0 atom stereocenters. The van der Waals surface area contributed by atoms with Crippen molar-refractivity contribution in [3.05, 3.63) is 58.6 Å². The molecule has 0 heterocycles. The highest BCUT2D eigenvalue weighted by Gasteiger charge is 2.36. The number of rotatable bonds is 4. The van der Waals surface area contributed by atoms with Crippen molar-refractivity contribution in [2.75, 3.05) is 10.6 Å². The highest BCUT2D eigenvalue weighted by molar-refractivity contribution is 6.30. The molecule has 2 N–H and O–H groups in total. The van der Waals surface area contributed by atoms with E-state index < -0.39 is 17.2 Å². The van der Waals surface area contributed by atoms with Crippen molar-refractivity contribution in [3.63, 3.8) is 0 Å². The Morgan fingerprint density at radius 3 is 2.24 bits per heavy atom. The molecule has 0 bridgehead atoms. The van der Waals surface area contributed by atoms with E-state index in [2.05, 4.69) is 10.6 Å². The van der Waals surface area contributed by atoms with Crippen LogP contribution in [0.15, 0.2) is 42.5 Å². The third-order valence-corrected chi connectivity index (χ3v) is 4.10. The van der Waals surface area contributed by atoms with Crippen LogP contribution in [0.1, 0.15) is 25.0 Å². The quantitative estimate of drug-likeness (QED) is 0.809. The number of benzene rings is 2. The van der Waals surface area contributed by atoms with E-state index in [1.54, 1.807) is 42.5 Å². The molecule has 2 aromatic rings. The normalized spacial score (nSPS) is 10.7. The van der Waals surface area contributed by atoms with Crippen LogP contribution in [-0.4, -0.2) is 11.8 Å². The molecular weight excluding hydrogens is 338 g/mol. The average Bonchev–Trinajstić information content (AvgIpc) is 2.57. The molecule has 128 valence electrons. The molecule has 0 saturated heterocycles. The van der Waals surface area contributed by atoms with Crippen molar-refractivity contribution in [3.8, 4) is 6.07 Å². The summed E-state index contributed by atoms with van der Waals surface area (Å²) in [6.45, 7) is 4.87. The number of amides is 2. The van der Waals surface area contributed by atoms with E-state index in [1.807, 2.05) is 13.0 Å². The maximum Gasteiger partial charge on any atom is 0.239 e. The van der Waals surface area contributed by atoms with Crippen LogP contribution in [0.25, 0.3) is 0 Å². The van der Waals surface area contributed by atoms with Crippen LogP contribution < -0.4 is 10.6 Å². The van der Waals surface area contributed by atoms with Gasteiger partial charge < -0.3 is 10.6 Å². The van der Waals surface area contributed by atoms with Crippen LogP contribution in [0.3, 0.4) is 0 Å². The second kappa shape index (κ2) is 7.37. The number of nitriles is 1. The van der Waals surface area contributed by atoms with E-state index in [-0.39, 0.29) is 0 Å². The average molecular weight is 356 g/mol. The van der Waals surface area contributed by atoms with Crippen molar-refractivity contribution in [2.45, 2.75) is 20.8 Å². The van der Waals surface area contributed by atoms with Crippen molar-refractivity contribution in [1.82, 2.24) is 0 Å². The summed E-state index contributed by atoms with van der Waals surface area (Å²) in [6.07, 6.45) is 0. The number of aryl methyl sites for hydroxylation is 1. The number of hydrogen-bond donors (Lipinski definition) is 2. The summed E-state index contributed by atoms with van der Waals surface area (Å²) in [5.41, 5.74) is 0.757. The Kier molecular flexibility index (Phi) is 5.45. The summed E-state index contributed by atoms with van der Waals surface area (Å²) >= 11 is 5.91. The molecule has 25 heavy (non-hydrogen) atoms. The first-order valence-corrected chi connectivity index (χ1v) is 8.01. The first-order valence-electron chi connectivity index (χ1n) is 7.64. The van der Waals surface area contributed by atoms with Gasteiger partial charge in [-0.05, 0) is 56.7 Å². The molecule has 6 heteroatoms. The summed E-state index contributed by atoms with van der Waals surface area (Å²) in [5, 5.41) is 15.1. The minimum Gasteiger partial charge on any atom is -0.325 e. The Hall–Kier alpha value is -2.84. The smallest absolute Gasteiger partial charge is 0.239 e. The molecule has 0 unspecified atom stereocenters. The zero-order chi connectivity index (χ0) is 18.6. The standard InChI is InChI=1S/C19H18ClN3O2/c1-12-10-14(20)8-9-15(12)22-17(24)19(2,3)18(25)23-16-7-5-4-6-13(16)11-21/h4-10H,1-3H3,(H,22,24)(H,23,25). The third-order valence-electron chi connectivity index (χ3n) is 3.87. The lowest BCUT2D eigenvalue weighted by Gasteiger charge is -2.23. The van der Waals surface area contributed by atoms with Crippen molar-refractivity contribution in [1.29, 1.82) is 5.26 Å². The van der Waals surface area contributed by atoms with Gasteiger partial charge in [0.25, 0.3) is 0 Å². The molecule has 0 radical (unpaired) electrons. The van der Waals surface area contributed by atoms with Gasteiger partial charge in [0.15, 0.2) is 0 Å². The zero-order valence-electron chi connectivity index (χ0n) is 14.2. The summed E-state index contributed by atoms with van der Waals surface area (Å²) in [7, 11) is 0.